The van der Waals surface area contributed by atoms with Gasteiger partial charge in [-0.05, 0) is 37.7 Å². The number of rotatable bonds is 6. The molecule has 1 aromatic rings. The van der Waals surface area contributed by atoms with Crippen LogP contribution in [0.1, 0.15) is 54.5 Å². The Morgan fingerprint density at radius 2 is 2.17 bits per heavy atom. The topological polar surface area (TPSA) is 75.9 Å². The Labute approximate surface area is 137 Å². The lowest BCUT2D eigenvalue weighted by atomic mass is 9.67. The first-order valence-electron chi connectivity index (χ1n) is 8.15. The van der Waals surface area contributed by atoms with Crippen LogP contribution in [0.4, 0.5) is 0 Å². The minimum absolute atomic E-state index is 0.380. The van der Waals surface area contributed by atoms with Crippen molar-refractivity contribution in [2.45, 2.75) is 46.1 Å². The molecule has 1 saturated carbocycles. The van der Waals surface area contributed by atoms with E-state index < -0.39 is 0 Å². The lowest BCUT2D eigenvalue weighted by Crippen LogP contribution is -2.46. The van der Waals surface area contributed by atoms with E-state index in [-0.39, 0.29) is 5.97 Å². The van der Waals surface area contributed by atoms with Gasteiger partial charge < -0.3 is 19.8 Å². The molecule has 1 aromatic heterocycles. The third-order valence-corrected chi connectivity index (χ3v) is 4.82. The van der Waals surface area contributed by atoms with Crippen LogP contribution in [-0.2, 0) is 11.3 Å². The van der Waals surface area contributed by atoms with E-state index in [4.69, 9.17) is 9.15 Å². The molecule has 0 aromatic carbocycles. The molecule has 2 N–H and O–H groups in total. The smallest absolute Gasteiger partial charge is 0.341 e. The van der Waals surface area contributed by atoms with Crippen LogP contribution in [0.2, 0.25) is 0 Å². The summed E-state index contributed by atoms with van der Waals surface area (Å²) < 4.78 is 10.3. The van der Waals surface area contributed by atoms with E-state index in [1.807, 2.05) is 0 Å². The average Bonchev–Trinajstić information content (AvgIpc) is 2.89. The maximum atomic E-state index is 11.6. The molecule has 1 fully saturated rings. The van der Waals surface area contributed by atoms with E-state index in [2.05, 4.69) is 22.5 Å². The van der Waals surface area contributed by atoms with Crippen molar-refractivity contribution in [2.24, 2.45) is 10.4 Å². The van der Waals surface area contributed by atoms with Crippen LogP contribution in [-0.4, -0.2) is 32.6 Å². The van der Waals surface area contributed by atoms with Crippen LogP contribution >= 0.6 is 0 Å². The second-order valence-corrected chi connectivity index (χ2v) is 6.16. The van der Waals surface area contributed by atoms with Crippen LogP contribution in [0, 0.1) is 12.3 Å². The van der Waals surface area contributed by atoms with Crippen molar-refractivity contribution in [3.8, 4) is 0 Å². The molecule has 1 aliphatic carbocycles. The lowest BCUT2D eigenvalue weighted by molar-refractivity contribution is 0.0599. The Hall–Kier alpha value is -1.98. The first-order valence-corrected chi connectivity index (χ1v) is 8.15. The second-order valence-electron chi connectivity index (χ2n) is 6.16. The summed E-state index contributed by atoms with van der Waals surface area (Å²) in [4.78, 5) is 15.8. The van der Waals surface area contributed by atoms with E-state index in [0.717, 1.165) is 12.5 Å². The normalized spacial score (nSPS) is 16.6. The number of nitrogens with zero attached hydrogens (tertiary/aromatic N) is 1. The van der Waals surface area contributed by atoms with Crippen molar-refractivity contribution in [2.75, 3.05) is 20.7 Å². The first kappa shape index (κ1) is 17.4. The number of guanidine groups is 1. The Kier molecular flexibility index (Phi) is 5.69. The van der Waals surface area contributed by atoms with Crippen molar-refractivity contribution in [3.05, 3.63) is 23.2 Å². The number of nitrogens with one attached hydrogen (secondary N) is 2. The van der Waals surface area contributed by atoms with Gasteiger partial charge in [0.05, 0.1) is 13.7 Å². The highest BCUT2D eigenvalue weighted by molar-refractivity contribution is 5.90. The summed E-state index contributed by atoms with van der Waals surface area (Å²) in [6.07, 6.45) is 5.08. The van der Waals surface area contributed by atoms with Gasteiger partial charge in [0.15, 0.2) is 5.96 Å². The van der Waals surface area contributed by atoms with E-state index in [9.17, 15) is 4.79 Å². The molecule has 1 heterocycles. The molecule has 6 nitrogen and oxygen atoms in total. The molecular formula is C17H27N3O3. The molecule has 128 valence electrons. The fourth-order valence-electron chi connectivity index (χ4n) is 2.94. The summed E-state index contributed by atoms with van der Waals surface area (Å²) >= 11 is 0. The number of carbonyl (C=O) groups is 1. The van der Waals surface area contributed by atoms with E-state index in [1.165, 1.54) is 32.8 Å². The lowest BCUT2D eigenvalue weighted by Gasteiger charge is -2.41. The van der Waals surface area contributed by atoms with Gasteiger partial charge in [0.2, 0.25) is 0 Å². The number of hydrogen-bond acceptors (Lipinski definition) is 4. The number of carbonyl (C=O) groups excluding carboxylic acids is 1. The van der Waals surface area contributed by atoms with Gasteiger partial charge in [-0.3, -0.25) is 4.99 Å². The highest BCUT2D eigenvalue weighted by atomic mass is 16.5. The molecule has 0 atom stereocenters. The van der Waals surface area contributed by atoms with Crippen LogP contribution in [0.5, 0.6) is 0 Å². The molecular weight excluding hydrogens is 294 g/mol. The SMILES string of the molecule is CCC1(CNC(=NC)NCc2cc(C(=O)OC)c(C)o2)CCC1. The predicted molar refractivity (Wildman–Crippen MR) is 89.6 cm³/mol. The predicted octanol–water partition coefficient (Wildman–Crippen LogP) is 2.62. The molecule has 23 heavy (non-hydrogen) atoms. The van der Waals surface area contributed by atoms with Gasteiger partial charge in [-0.25, -0.2) is 4.79 Å². The van der Waals surface area contributed by atoms with Crippen molar-refractivity contribution in [1.82, 2.24) is 10.6 Å². The zero-order valence-electron chi connectivity index (χ0n) is 14.5. The number of furan rings is 1. The van der Waals surface area contributed by atoms with Crippen molar-refractivity contribution in [1.29, 1.82) is 0 Å². The Morgan fingerprint density at radius 3 is 2.70 bits per heavy atom. The number of methoxy groups -OCH3 is 1. The molecule has 0 bridgehead atoms. The fraction of sp³-hybridized carbons (Fsp3) is 0.647. The average molecular weight is 321 g/mol. The van der Waals surface area contributed by atoms with Crippen molar-refractivity contribution < 1.29 is 13.9 Å². The van der Waals surface area contributed by atoms with Gasteiger partial charge in [-0.15, -0.1) is 0 Å². The highest BCUT2D eigenvalue weighted by Gasteiger charge is 2.34. The summed E-state index contributed by atoms with van der Waals surface area (Å²) in [5.74, 6) is 1.61. The maximum absolute atomic E-state index is 11.6. The Morgan fingerprint density at radius 1 is 1.43 bits per heavy atom. The molecule has 2 rings (SSSR count). The number of ether oxygens (including phenoxy) is 1. The monoisotopic (exact) mass is 321 g/mol. The summed E-state index contributed by atoms with van der Waals surface area (Å²) in [6.45, 7) is 5.41. The maximum Gasteiger partial charge on any atom is 0.341 e. The largest absolute Gasteiger partial charge is 0.465 e. The number of hydrogen-bond donors (Lipinski definition) is 2. The molecule has 6 heteroatoms. The minimum Gasteiger partial charge on any atom is -0.465 e. The zero-order chi connectivity index (χ0) is 16.9. The highest BCUT2D eigenvalue weighted by Crippen LogP contribution is 2.42. The molecule has 0 radical (unpaired) electrons. The third kappa shape index (κ3) is 4.06. The van der Waals surface area contributed by atoms with E-state index in [0.29, 0.717) is 29.0 Å². The van der Waals surface area contributed by atoms with Gasteiger partial charge in [-0.2, -0.15) is 0 Å². The number of aryl methyl sites for hydroxylation is 1. The molecule has 0 unspecified atom stereocenters. The summed E-state index contributed by atoms with van der Waals surface area (Å²) in [7, 11) is 3.12. The number of aliphatic imine (C=N–C) groups is 1. The second kappa shape index (κ2) is 7.53. The van der Waals surface area contributed by atoms with Crippen molar-refractivity contribution >= 4 is 11.9 Å². The molecule has 0 saturated heterocycles. The standard InChI is InChI=1S/C17H27N3O3/c1-5-17(7-6-8-17)11-20-16(18-3)19-10-13-9-14(12(2)23-13)15(21)22-4/h9H,5-8,10-11H2,1-4H3,(H2,18,19,20). The van der Waals surface area contributed by atoms with Gasteiger partial charge in [-0.1, -0.05) is 13.3 Å². The summed E-state index contributed by atoms with van der Waals surface area (Å²) in [5, 5.41) is 6.62. The molecule has 0 aliphatic heterocycles. The van der Waals surface area contributed by atoms with Crippen LogP contribution in [0.25, 0.3) is 0 Å². The van der Waals surface area contributed by atoms with Crippen molar-refractivity contribution in [3.63, 3.8) is 0 Å². The molecule has 0 amide bonds. The van der Waals surface area contributed by atoms with Gasteiger partial charge >= 0.3 is 5.97 Å². The molecule has 1 aliphatic rings. The van der Waals surface area contributed by atoms with E-state index in [1.54, 1.807) is 20.0 Å². The van der Waals surface area contributed by atoms with Gasteiger partial charge in [0.1, 0.15) is 17.1 Å². The molecule has 0 spiro atoms. The van der Waals surface area contributed by atoms with Gasteiger partial charge in [0, 0.05) is 13.6 Å². The fourth-order valence-corrected chi connectivity index (χ4v) is 2.94. The van der Waals surface area contributed by atoms with E-state index >= 15 is 0 Å². The van der Waals surface area contributed by atoms with Gasteiger partial charge in [0.25, 0.3) is 0 Å². The number of esters is 1. The third-order valence-electron chi connectivity index (χ3n) is 4.82. The summed E-state index contributed by atoms with van der Waals surface area (Å²) in [5.41, 5.74) is 0.892. The Bertz CT molecular complexity index is 568. The van der Waals surface area contributed by atoms with Crippen LogP contribution < -0.4 is 10.6 Å². The van der Waals surface area contributed by atoms with Crippen LogP contribution in [0.3, 0.4) is 0 Å². The minimum atomic E-state index is -0.380. The zero-order valence-corrected chi connectivity index (χ0v) is 14.5. The first-order chi connectivity index (χ1) is 11.0. The summed E-state index contributed by atoms with van der Waals surface area (Å²) in [6, 6.07) is 1.71. The quantitative estimate of drug-likeness (QED) is 0.478. The Balaban J connectivity index is 1.87. The van der Waals surface area contributed by atoms with Crippen LogP contribution in [0.15, 0.2) is 15.5 Å².